The number of carbonyl (C=O) groups is 1. The highest BCUT2D eigenvalue weighted by atomic mass is 16.5. The molecule has 1 aromatic heterocycles. The third kappa shape index (κ3) is 2.72. The van der Waals surface area contributed by atoms with Gasteiger partial charge >= 0.3 is 0 Å². The van der Waals surface area contributed by atoms with Crippen LogP contribution in [0, 0.1) is 0 Å². The van der Waals surface area contributed by atoms with Crippen LogP contribution in [0.15, 0.2) is 22.7 Å². The average molecular weight is 220 g/mol. The molecule has 1 N–H and O–H groups in total. The fraction of sp³-hybridized carbons (Fsp3) is 0.500. The van der Waals surface area contributed by atoms with Crippen molar-refractivity contribution in [3.63, 3.8) is 0 Å². The lowest BCUT2D eigenvalue weighted by Gasteiger charge is -1.98. The van der Waals surface area contributed by atoms with E-state index in [4.69, 9.17) is 4.52 Å². The van der Waals surface area contributed by atoms with Crippen molar-refractivity contribution in [2.24, 2.45) is 0 Å². The van der Waals surface area contributed by atoms with Crippen molar-refractivity contribution in [1.29, 1.82) is 0 Å². The van der Waals surface area contributed by atoms with E-state index >= 15 is 0 Å². The summed E-state index contributed by atoms with van der Waals surface area (Å²) in [5.41, 5.74) is 0.391. The molecule has 1 aliphatic carbocycles. The molecule has 0 bridgehead atoms. The Kier molecular flexibility index (Phi) is 3.39. The molecule has 1 fully saturated rings. The second kappa shape index (κ2) is 4.96. The summed E-state index contributed by atoms with van der Waals surface area (Å²) in [4.78, 5) is 11.6. The number of amides is 1. The summed E-state index contributed by atoms with van der Waals surface area (Å²) in [6, 6.07) is 1.75. The first-order chi connectivity index (χ1) is 7.81. The summed E-state index contributed by atoms with van der Waals surface area (Å²) in [5, 5.41) is 6.56. The molecule has 4 nitrogen and oxygen atoms in total. The lowest BCUT2D eigenvalue weighted by molar-refractivity contribution is 0.0945. The lowest BCUT2D eigenvalue weighted by Crippen LogP contribution is -2.24. The Balaban J connectivity index is 1.82. The summed E-state index contributed by atoms with van der Waals surface area (Å²) >= 11 is 0. The molecule has 1 saturated carbocycles. The Labute approximate surface area is 94.7 Å². The van der Waals surface area contributed by atoms with E-state index < -0.39 is 0 Å². The van der Waals surface area contributed by atoms with Gasteiger partial charge in [0.1, 0.15) is 5.76 Å². The highest BCUT2D eigenvalue weighted by molar-refractivity contribution is 5.92. The number of allylic oxidation sites excluding steroid dienone is 1. The van der Waals surface area contributed by atoms with Crippen LogP contribution in [0.1, 0.15) is 48.4 Å². The van der Waals surface area contributed by atoms with Gasteiger partial charge in [0.2, 0.25) is 0 Å². The minimum absolute atomic E-state index is 0.153. The van der Waals surface area contributed by atoms with Crippen molar-refractivity contribution in [2.45, 2.75) is 32.1 Å². The lowest BCUT2D eigenvalue weighted by atomic mass is 10.3. The van der Waals surface area contributed by atoms with E-state index in [0.717, 1.165) is 25.0 Å². The minimum Gasteiger partial charge on any atom is -0.360 e. The van der Waals surface area contributed by atoms with E-state index in [1.807, 2.05) is 19.1 Å². The standard InChI is InChI=1S/C12H16N2O2/c1-2-3-4-7-13-12(15)10-8-11(16-14-10)9-5-6-9/h2-3,8-9H,4-7H2,1H3,(H,13,15)/b3-2+. The van der Waals surface area contributed by atoms with Gasteiger partial charge in [-0.1, -0.05) is 17.3 Å². The molecule has 0 spiro atoms. The molecule has 1 aromatic rings. The number of carbonyl (C=O) groups excluding carboxylic acids is 1. The van der Waals surface area contributed by atoms with E-state index in [1.165, 1.54) is 0 Å². The van der Waals surface area contributed by atoms with Gasteiger partial charge in [0, 0.05) is 18.5 Å². The van der Waals surface area contributed by atoms with Crippen LogP contribution in [0.3, 0.4) is 0 Å². The third-order valence-electron chi connectivity index (χ3n) is 2.57. The van der Waals surface area contributed by atoms with Crippen molar-refractivity contribution in [3.05, 3.63) is 29.7 Å². The zero-order valence-electron chi connectivity index (χ0n) is 9.40. The molecule has 1 heterocycles. The molecule has 86 valence electrons. The molecule has 1 amide bonds. The molecule has 0 unspecified atom stereocenters. The number of nitrogens with one attached hydrogen (secondary N) is 1. The van der Waals surface area contributed by atoms with Crippen molar-refractivity contribution >= 4 is 5.91 Å². The molecule has 4 heteroatoms. The maximum absolute atomic E-state index is 11.6. The molecule has 2 rings (SSSR count). The normalized spacial score (nSPS) is 15.6. The van der Waals surface area contributed by atoms with Gasteiger partial charge in [-0.15, -0.1) is 0 Å². The quantitative estimate of drug-likeness (QED) is 0.611. The highest BCUT2D eigenvalue weighted by Gasteiger charge is 2.28. The maximum Gasteiger partial charge on any atom is 0.273 e. The number of nitrogens with zero attached hydrogens (tertiary/aromatic N) is 1. The van der Waals surface area contributed by atoms with Gasteiger partial charge < -0.3 is 9.84 Å². The number of aromatic nitrogens is 1. The molecule has 1 aliphatic rings. The SMILES string of the molecule is C/C=C/CCNC(=O)c1cc(C2CC2)on1. The van der Waals surface area contributed by atoms with Crippen LogP contribution in [0.4, 0.5) is 0 Å². The van der Waals surface area contributed by atoms with Crippen molar-refractivity contribution < 1.29 is 9.32 Å². The molecule has 0 radical (unpaired) electrons. The van der Waals surface area contributed by atoms with Crippen LogP contribution >= 0.6 is 0 Å². The Morgan fingerprint density at radius 1 is 1.69 bits per heavy atom. The monoisotopic (exact) mass is 220 g/mol. The van der Waals surface area contributed by atoms with Crippen molar-refractivity contribution in [3.8, 4) is 0 Å². The molecule has 0 atom stereocenters. The van der Waals surface area contributed by atoms with E-state index in [2.05, 4.69) is 10.5 Å². The van der Waals surface area contributed by atoms with E-state index in [9.17, 15) is 4.79 Å². The molecule has 16 heavy (non-hydrogen) atoms. The first-order valence-electron chi connectivity index (χ1n) is 5.67. The third-order valence-corrected chi connectivity index (χ3v) is 2.57. The Morgan fingerprint density at radius 2 is 2.50 bits per heavy atom. The van der Waals surface area contributed by atoms with E-state index in [-0.39, 0.29) is 5.91 Å². The summed E-state index contributed by atoms with van der Waals surface area (Å²) in [7, 11) is 0. The second-order valence-electron chi connectivity index (χ2n) is 4.00. The maximum atomic E-state index is 11.6. The summed E-state index contributed by atoms with van der Waals surface area (Å²) in [6.45, 7) is 2.59. The fourth-order valence-electron chi connectivity index (χ4n) is 1.48. The van der Waals surface area contributed by atoms with Crippen molar-refractivity contribution in [1.82, 2.24) is 10.5 Å². The van der Waals surface area contributed by atoms with Gasteiger partial charge in [0.05, 0.1) is 0 Å². The summed E-state index contributed by atoms with van der Waals surface area (Å²) in [6.07, 6.45) is 7.12. The van der Waals surface area contributed by atoms with Crippen LogP contribution in [0.2, 0.25) is 0 Å². The second-order valence-corrected chi connectivity index (χ2v) is 4.00. The van der Waals surface area contributed by atoms with Crippen LogP contribution in [-0.2, 0) is 0 Å². The van der Waals surface area contributed by atoms with Crippen LogP contribution < -0.4 is 5.32 Å². The summed E-state index contributed by atoms with van der Waals surface area (Å²) < 4.78 is 5.11. The summed E-state index contributed by atoms with van der Waals surface area (Å²) in [5.74, 6) is 1.19. The number of hydrogen-bond acceptors (Lipinski definition) is 3. The van der Waals surface area contributed by atoms with Gasteiger partial charge in [-0.05, 0) is 26.2 Å². The molecule has 0 saturated heterocycles. The zero-order chi connectivity index (χ0) is 11.4. The van der Waals surface area contributed by atoms with Crippen LogP contribution in [0.25, 0.3) is 0 Å². The predicted molar refractivity (Wildman–Crippen MR) is 60.2 cm³/mol. The smallest absolute Gasteiger partial charge is 0.273 e. The predicted octanol–water partition coefficient (Wildman–Crippen LogP) is 2.25. The molecular formula is C12H16N2O2. The molecular weight excluding hydrogens is 204 g/mol. The first-order valence-corrected chi connectivity index (χ1v) is 5.67. The Bertz CT molecular complexity index is 391. The Morgan fingerprint density at radius 3 is 3.19 bits per heavy atom. The van der Waals surface area contributed by atoms with Gasteiger partial charge in [-0.25, -0.2) is 0 Å². The molecule has 0 aromatic carbocycles. The number of rotatable bonds is 5. The largest absolute Gasteiger partial charge is 0.360 e. The van der Waals surface area contributed by atoms with E-state index in [0.29, 0.717) is 18.2 Å². The molecule has 0 aliphatic heterocycles. The number of hydrogen-bond donors (Lipinski definition) is 1. The van der Waals surface area contributed by atoms with E-state index in [1.54, 1.807) is 6.07 Å². The van der Waals surface area contributed by atoms with Gasteiger partial charge in [0.15, 0.2) is 5.69 Å². The first kappa shape index (κ1) is 10.9. The van der Waals surface area contributed by atoms with Crippen LogP contribution in [-0.4, -0.2) is 17.6 Å². The van der Waals surface area contributed by atoms with Gasteiger partial charge in [-0.2, -0.15) is 0 Å². The highest BCUT2D eigenvalue weighted by Crippen LogP contribution is 2.40. The van der Waals surface area contributed by atoms with Gasteiger partial charge in [0.25, 0.3) is 5.91 Å². The van der Waals surface area contributed by atoms with Crippen molar-refractivity contribution in [2.75, 3.05) is 6.54 Å². The minimum atomic E-state index is -0.153. The van der Waals surface area contributed by atoms with Crippen LogP contribution in [0.5, 0.6) is 0 Å². The van der Waals surface area contributed by atoms with Gasteiger partial charge in [-0.3, -0.25) is 4.79 Å². The zero-order valence-corrected chi connectivity index (χ0v) is 9.40. The topological polar surface area (TPSA) is 55.1 Å². The Hall–Kier alpha value is -1.58. The fourth-order valence-corrected chi connectivity index (χ4v) is 1.48. The average Bonchev–Trinajstić information content (AvgIpc) is 3.02.